The second-order valence-corrected chi connectivity index (χ2v) is 10.0. The van der Waals surface area contributed by atoms with E-state index in [-0.39, 0.29) is 5.69 Å². The van der Waals surface area contributed by atoms with Crippen LogP contribution in [0, 0.1) is 6.92 Å². The summed E-state index contributed by atoms with van der Waals surface area (Å²) in [5, 5.41) is 4.40. The standard InChI is InChI=1S/C26H26ClN7O/c1-15-5-4-6-20(27)21(15)34-23(28-2)18-12-29-24(31-22(18)32-25(34)35)30-17-7-8-19-16(11-17)13-33(3)14-26(19)9-10-26/h4-8,11-12H,9-10,13-14H2,1-3H3,(H2,29,30,31,32,35)/b28-23-. The highest BCUT2D eigenvalue weighted by Gasteiger charge is 2.48. The number of benzene rings is 2. The average Bonchev–Trinajstić information content (AvgIpc) is 3.58. The molecule has 1 spiro atoms. The van der Waals surface area contributed by atoms with E-state index in [2.05, 4.69) is 55.4 Å². The fourth-order valence-corrected chi connectivity index (χ4v) is 5.69. The van der Waals surface area contributed by atoms with E-state index >= 15 is 0 Å². The Morgan fingerprint density at radius 1 is 1.23 bits per heavy atom. The Kier molecular flexibility index (Phi) is 5.05. The smallest absolute Gasteiger partial charge is 0.324 e. The second-order valence-electron chi connectivity index (χ2n) is 9.62. The summed E-state index contributed by atoms with van der Waals surface area (Å²) in [4.78, 5) is 31.9. The summed E-state index contributed by atoms with van der Waals surface area (Å²) in [5.74, 6) is 0.409. The molecular formula is C26H26ClN7O. The number of nitrogens with zero attached hydrogens (tertiary/aromatic N) is 5. The minimum Gasteiger partial charge on any atom is -0.324 e. The van der Waals surface area contributed by atoms with Crippen LogP contribution in [0.25, 0.3) is 16.7 Å². The molecule has 1 aliphatic heterocycles. The summed E-state index contributed by atoms with van der Waals surface area (Å²) in [5.41, 5.74) is 6.02. The van der Waals surface area contributed by atoms with E-state index in [1.807, 2.05) is 19.1 Å². The molecule has 1 aliphatic carbocycles. The summed E-state index contributed by atoms with van der Waals surface area (Å²) >= 11 is 6.45. The predicted octanol–water partition coefficient (Wildman–Crippen LogP) is 3.82. The first kappa shape index (κ1) is 22.0. The van der Waals surface area contributed by atoms with Gasteiger partial charge in [-0.05, 0) is 61.7 Å². The van der Waals surface area contributed by atoms with Crippen LogP contribution in [0.1, 0.15) is 29.5 Å². The lowest BCUT2D eigenvalue weighted by atomic mass is 9.87. The average molecular weight is 488 g/mol. The molecule has 0 atom stereocenters. The van der Waals surface area contributed by atoms with Gasteiger partial charge in [0, 0.05) is 37.4 Å². The maximum Gasteiger partial charge on any atom is 0.333 e. The number of hydrogen-bond donors (Lipinski definition) is 2. The van der Waals surface area contributed by atoms with Gasteiger partial charge in [-0.3, -0.25) is 9.98 Å². The van der Waals surface area contributed by atoms with Gasteiger partial charge in [0.2, 0.25) is 5.95 Å². The lowest BCUT2D eigenvalue weighted by Gasteiger charge is -2.32. The number of rotatable bonds is 3. The Morgan fingerprint density at radius 2 is 2.06 bits per heavy atom. The summed E-state index contributed by atoms with van der Waals surface area (Å²) < 4.78 is 1.48. The number of aromatic amines is 1. The third-order valence-corrected chi connectivity index (χ3v) is 7.40. The van der Waals surface area contributed by atoms with Gasteiger partial charge in [0.05, 0.1) is 16.1 Å². The highest BCUT2D eigenvalue weighted by Crippen LogP contribution is 2.52. The number of aromatic nitrogens is 4. The van der Waals surface area contributed by atoms with Crippen LogP contribution in [-0.4, -0.2) is 45.1 Å². The molecule has 2 N–H and O–H groups in total. The zero-order chi connectivity index (χ0) is 24.3. The van der Waals surface area contributed by atoms with Gasteiger partial charge in [0.25, 0.3) is 0 Å². The molecule has 1 saturated carbocycles. The van der Waals surface area contributed by atoms with E-state index in [1.165, 1.54) is 28.5 Å². The molecule has 2 aromatic carbocycles. The van der Waals surface area contributed by atoms with Gasteiger partial charge in [-0.2, -0.15) is 4.98 Å². The van der Waals surface area contributed by atoms with Crippen LogP contribution in [0.2, 0.25) is 5.02 Å². The van der Waals surface area contributed by atoms with Crippen LogP contribution in [0.15, 0.2) is 52.4 Å². The van der Waals surface area contributed by atoms with Crippen molar-refractivity contribution in [3.63, 3.8) is 0 Å². The summed E-state index contributed by atoms with van der Waals surface area (Å²) in [6.07, 6.45) is 4.20. The maximum absolute atomic E-state index is 13.1. The Hall–Kier alpha value is -3.49. The van der Waals surface area contributed by atoms with E-state index in [4.69, 9.17) is 11.6 Å². The van der Waals surface area contributed by atoms with Gasteiger partial charge < -0.3 is 10.2 Å². The SMILES string of the molecule is C/N=c1/c2cnc(Nc3ccc4c(c3)CN(C)CC43CC3)nc2[nH]c(=O)n1-c1c(C)cccc1Cl. The van der Waals surface area contributed by atoms with E-state index < -0.39 is 0 Å². The lowest BCUT2D eigenvalue weighted by molar-refractivity contribution is 0.271. The third-order valence-electron chi connectivity index (χ3n) is 7.09. The van der Waals surface area contributed by atoms with Crippen LogP contribution in [-0.2, 0) is 12.0 Å². The van der Waals surface area contributed by atoms with Crippen molar-refractivity contribution >= 4 is 34.3 Å². The summed E-state index contributed by atoms with van der Waals surface area (Å²) in [7, 11) is 3.82. The molecule has 6 rings (SSSR count). The van der Waals surface area contributed by atoms with Crippen LogP contribution in [0.5, 0.6) is 0 Å². The van der Waals surface area contributed by atoms with Crippen molar-refractivity contribution in [3.8, 4) is 5.69 Å². The topological polar surface area (TPSA) is 91.2 Å². The molecule has 178 valence electrons. The van der Waals surface area contributed by atoms with Crippen molar-refractivity contribution < 1.29 is 0 Å². The normalized spacial score (nSPS) is 17.1. The third kappa shape index (κ3) is 3.64. The number of likely N-dealkylation sites (N-methyl/N-ethyl adjacent to an activating group) is 1. The molecule has 9 heteroatoms. The van der Waals surface area contributed by atoms with Crippen molar-refractivity contribution in [2.24, 2.45) is 4.99 Å². The highest BCUT2D eigenvalue weighted by molar-refractivity contribution is 6.32. The molecule has 2 aromatic heterocycles. The molecule has 0 amide bonds. The van der Waals surface area contributed by atoms with Gasteiger partial charge >= 0.3 is 5.69 Å². The van der Waals surface area contributed by atoms with E-state index in [9.17, 15) is 4.79 Å². The van der Waals surface area contributed by atoms with Gasteiger partial charge in [-0.15, -0.1) is 0 Å². The summed E-state index contributed by atoms with van der Waals surface area (Å²) in [6.45, 7) is 3.97. The van der Waals surface area contributed by atoms with E-state index in [1.54, 1.807) is 19.3 Å². The first-order valence-corrected chi connectivity index (χ1v) is 12.1. The number of H-pyrrole nitrogens is 1. The molecule has 2 aliphatic rings. The van der Waals surface area contributed by atoms with Gasteiger partial charge in [0.15, 0.2) is 5.65 Å². The Bertz CT molecular complexity index is 1600. The van der Waals surface area contributed by atoms with Crippen molar-refractivity contribution in [2.75, 3.05) is 26.0 Å². The van der Waals surface area contributed by atoms with E-state index in [0.717, 1.165) is 24.3 Å². The monoisotopic (exact) mass is 487 g/mol. The zero-order valence-electron chi connectivity index (χ0n) is 19.9. The minimum absolute atomic E-state index is 0.342. The molecule has 0 radical (unpaired) electrons. The molecule has 1 fully saturated rings. The Morgan fingerprint density at radius 3 is 2.80 bits per heavy atom. The number of aryl methyl sites for hydroxylation is 1. The number of halogens is 1. The van der Waals surface area contributed by atoms with Crippen LogP contribution in [0.3, 0.4) is 0 Å². The van der Waals surface area contributed by atoms with Crippen molar-refractivity contribution in [1.29, 1.82) is 0 Å². The molecule has 3 heterocycles. The Labute approximate surface area is 207 Å². The van der Waals surface area contributed by atoms with Crippen LogP contribution >= 0.6 is 11.6 Å². The van der Waals surface area contributed by atoms with Gasteiger partial charge in [-0.1, -0.05) is 29.8 Å². The molecule has 4 aromatic rings. The number of nitrogens with one attached hydrogen (secondary N) is 2. The molecule has 0 saturated heterocycles. The van der Waals surface area contributed by atoms with E-state index in [0.29, 0.717) is 38.6 Å². The van der Waals surface area contributed by atoms with Gasteiger partial charge in [0.1, 0.15) is 5.49 Å². The molecule has 0 unspecified atom stereocenters. The first-order valence-electron chi connectivity index (χ1n) is 11.7. The minimum atomic E-state index is -0.370. The predicted molar refractivity (Wildman–Crippen MR) is 138 cm³/mol. The Balaban J connectivity index is 1.40. The largest absolute Gasteiger partial charge is 0.333 e. The number of anilines is 2. The van der Waals surface area contributed by atoms with Crippen LogP contribution in [0.4, 0.5) is 11.6 Å². The molecule has 35 heavy (non-hydrogen) atoms. The van der Waals surface area contributed by atoms with Crippen molar-refractivity contribution in [2.45, 2.75) is 31.7 Å². The highest BCUT2D eigenvalue weighted by atomic mass is 35.5. The number of fused-ring (bicyclic) bond motifs is 3. The molecule has 0 bridgehead atoms. The second kappa shape index (κ2) is 8.03. The maximum atomic E-state index is 13.1. The fraction of sp³-hybridized carbons (Fsp3) is 0.308. The summed E-state index contributed by atoms with van der Waals surface area (Å²) in [6, 6.07) is 12.0. The molecule has 8 nitrogen and oxygen atoms in total. The van der Waals surface area contributed by atoms with Crippen molar-refractivity contribution in [1.82, 2.24) is 24.4 Å². The molecular weight excluding hydrogens is 462 g/mol. The first-order chi connectivity index (χ1) is 16.9. The fourth-order valence-electron chi connectivity index (χ4n) is 5.38. The quantitative estimate of drug-likeness (QED) is 0.458. The van der Waals surface area contributed by atoms with Crippen LogP contribution < -0.4 is 16.5 Å². The number of para-hydroxylation sites is 1. The zero-order valence-corrected chi connectivity index (χ0v) is 20.6. The van der Waals surface area contributed by atoms with Gasteiger partial charge in [-0.25, -0.2) is 14.3 Å². The van der Waals surface area contributed by atoms with Crippen molar-refractivity contribution in [3.05, 3.63) is 80.3 Å². The lowest BCUT2D eigenvalue weighted by Crippen LogP contribution is -2.35. The number of hydrogen-bond acceptors (Lipinski definition) is 6.